The molecule has 4 aromatic rings. The van der Waals surface area contributed by atoms with Gasteiger partial charge in [-0.3, -0.25) is 4.98 Å². The van der Waals surface area contributed by atoms with E-state index >= 15 is 0 Å². The van der Waals surface area contributed by atoms with Gasteiger partial charge in [-0.2, -0.15) is 0 Å². The molecule has 2 heterocycles. The minimum absolute atomic E-state index is 0.149. The number of nitrogens with zero attached hydrogens (tertiary/aromatic N) is 2. The van der Waals surface area contributed by atoms with E-state index < -0.39 is 0 Å². The Balaban J connectivity index is 1.82. The Morgan fingerprint density at radius 3 is 2.80 bits per heavy atom. The van der Waals surface area contributed by atoms with Crippen LogP contribution in [0.25, 0.3) is 10.9 Å². The van der Waals surface area contributed by atoms with Crippen LogP contribution >= 0.6 is 0 Å². The van der Waals surface area contributed by atoms with Crippen molar-refractivity contribution in [1.82, 2.24) is 9.97 Å². The van der Waals surface area contributed by atoms with Crippen LogP contribution in [0.1, 0.15) is 22.7 Å². The van der Waals surface area contributed by atoms with Gasteiger partial charge in [-0.05, 0) is 48.4 Å². The van der Waals surface area contributed by atoms with Crippen LogP contribution in [0.5, 0.6) is 11.5 Å². The maximum absolute atomic E-state index is 11.1. The predicted octanol–water partition coefficient (Wildman–Crippen LogP) is 5.41. The molecule has 0 bridgehead atoms. The monoisotopic (exact) mass is 397 g/mol. The first kappa shape index (κ1) is 19.5. The van der Waals surface area contributed by atoms with Gasteiger partial charge < -0.3 is 15.2 Å². The largest absolute Gasteiger partial charge is 0.505 e. The molecule has 0 amide bonds. The fourth-order valence-electron chi connectivity index (χ4n) is 3.42. The van der Waals surface area contributed by atoms with Gasteiger partial charge in [-0.1, -0.05) is 43.0 Å². The van der Waals surface area contributed by atoms with Crippen LogP contribution in [-0.4, -0.2) is 21.7 Å². The number of rotatable bonds is 7. The van der Waals surface area contributed by atoms with E-state index in [1.807, 2.05) is 67.6 Å². The summed E-state index contributed by atoms with van der Waals surface area (Å²) in [5.41, 5.74) is 3.31. The number of hydrogen-bond donors (Lipinski definition) is 2. The van der Waals surface area contributed by atoms with E-state index in [-0.39, 0.29) is 11.8 Å². The lowest BCUT2D eigenvalue weighted by Gasteiger charge is -2.22. The Kier molecular flexibility index (Phi) is 5.61. The molecular weight excluding hydrogens is 374 g/mol. The second-order valence-electron chi connectivity index (χ2n) is 7.05. The predicted molar refractivity (Wildman–Crippen MR) is 120 cm³/mol. The van der Waals surface area contributed by atoms with Gasteiger partial charge in [-0.25, -0.2) is 4.98 Å². The van der Waals surface area contributed by atoms with E-state index in [4.69, 9.17) is 4.74 Å². The van der Waals surface area contributed by atoms with Crippen LogP contribution in [0.3, 0.4) is 0 Å². The molecule has 5 nitrogen and oxygen atoms in total. The zero-order chi connectivity index (χ0) is 20.9. The van der Waals surface area contributed by atoms with Crippen molar-refractivity contribution >= 4 is 16.7 Å². The number of nitrogens with one attached hydrogen (secondary N) is 1. The molecular formula is C25H23N3O2. The van der Waals surface area contributed by atoms with Gasteiger partial charge in [-0.15, -0.1) is 0 Å². The first-order valence-corrected chi connectivity index (χ1v) is 9.75. The molecule has 0 aliphatic heterocycles. The van der Waals surface area contributed by atoms with Crippen molar-refractivity contribution in [1.29, 1.82) is 0 Å². The summed E-state index contributed by atoms with van der Waals surface area (Å²) in [6.45, 7) is 6.14. The van der Waals surface area contributed by atoms with Crippen LogP contribution < -0.4 is 10.1 Å². The molecule has 1 unspecified atom stereocenters. The number of anilines is 1. The summed E-state index contributed by atoms with van der Waals surface area (Å²) in [4.78, 5) is 8.81. The van der Waals surface area contributed by atoms with Crippen molar-refractivity contribution in [2.24, 2.45) is 0 Å². The summed E-state index contributed by atoms with van der Waals surface area (Å²) in [6, 6.07) is 19.0. The zero-order valence-corrected chi connectivity index (χ0v) is 16.7. The van der Waals surface area contributed by atoms with Crippen LogP contribution in [0.4, 0.5) is 5.82 Å². The molecule has 30 heavy (non-hydrogen) atoms. The highest BCUT2D eigenvalue weighted by atomic mass is 16.5. The van der Waals surface area contributed by atoms with E-state index in [0.29, 0.717) is 17.7 Å². The Morgan fingerprint density at radius 2 is 1.97 bits per heavy atom. The lowest BCUT2D eigenvalue weighted by atomic mass is 9.96. The number of hydrogen-bond acceptors (Lipinski definition) is 5. The van der Waals surface area contributed by atoms with Gasteiger partial charge in [0.15, 0.2) is 0 Å². The minimum Gasteiger partial charge on any atom is -0.505 e. The van der Waals surface area contributed by atoms with Gasteiger partial charge >= 0.3 is 0 Å². The molecule has 0 fully saturated rings. The van der Waals surface area contributed by atoms with E-state index in [1.54, 1.807) is 18.5 Å². The first-order valence-electron chi connectivity index (χ1n) is 9.75. The Morgan fingerprint density at radius 1 is 1.07 bits per heavy atom. The van der Waals surface area contributed by atoms with Crippen molar-refractivity contribution in [2.75, 3.05) is 11.9 Å². The SMILES string of the molecule is C=CCOc1cccc(C(Nc2cc(C)ccn2)c2ccc3cccnc3c2O)c1. The average molecular weight is 397 g/mol. The van der Waals surface area contributed by atoms with Crippen molar-refractivity contribution in [2.45, 2.75) is 13.0 Å². The highest BCUT2D eigenvalue weighted by Gasteiger charge is 2.21. The molecule has 0 aliphatic rings. The molecule has 0 saturated heterocycles. The Labute approximate surface area is 175 Å². The van der Waals surface area contributed by atoms with Crippen LogP contribution in [0.15, 0.2) is 85.7 Å². The molecule has 2 aromatic heterocycles. The number of aryl methyl sites for hydroxylation is 1. The average Bonchev–Trinajstić information content (AvgIpc) is 2.77. The second kappa shape index (κ2) is 8.66. The quantitative estimate of drug-likeness (QED) is 0.408. The van der Waals surface area contributed by atoms with Gasteiger partial charge in [0.1, 0.15) is 29.4 Å². The molecule has 0 saturated carbocycles. The molecule has 1 atom stereocenters. The molecule has 2 aromatic carbocycles. The zero-order valence-electron chi connectivity index (χ0n) is 16.7. The maximum atomic E-state index is 11.1. The van der Waals surface area contributed by atoms with Crippen molar-refractivity contribution < 1.29 is 9.84 Å². The minimum atomic E-state index is -0.349. The molecule has 5 heteroatoms. The van der Waals surface area contributed by atoms with Gasteiger partial charge in [0.05, 0.1) is 6.04 Å². The molecule has 4 rings (SSSR count). The third-order valence-corrected chi connectivity index (χ3v) is 4.86. The second-order valence-corrected chi connectivity index (χ2v) is 7.05. The van der Waals surface area contributed by atoms with E-state index in [1.165, 1.54) is 0 Å². The molecule has 0 spiro atoms. The van der Waals surface area contributed by atoms with Crippen LogP contribution in [-0.2, 0) is 0 Å². The van der Waals surface area contributed by atoms with Crippen molar-refractivity contribution in [3.05, 3.63) is 102 Å². The summed E-state index contributed by atoms with van der Waals surface area (Å²) >= 11 is 0. The highest BCUT2D eigenvalue weighted by molar-refractivity contribution is 5.86. The number of fused-ring (bicyclic) bond motifs is 1. The summed E-state index contributed by atoms with van der Waals surface area (Å²) in [6.07, 6.45) is 5.15. The number of aromatic nitrogens is 2. The Bertz CT molecular complexity index is 1190. The summed E-state index contributed by atoms with van der Waals surface area (Å²) in [7, 11) is 0. The normalized spacial score (nSPS) is 11.8. The number of benzene rings is 2. The van der Waals surface area contributed by atoms with Gasteiger partial charge in [0, 0.05) is 23.3 Å². The van der Waals surface area contributed by atoms with Crippen LogP contribution in [0, 0.1) is 6.92 Å². The topological polar surface area (TPSA) is 67.3 Å². The molecule has 150 valence electrons. The summed E-state index contributed by atoms with van der Waals surface area (Å²) in [5.74, 6) is 1.60. The molecule has 0 aliphatic carbocycles. The van der Waals surface area contributed by atoms with Gasteiger partial charge in [0.2, 0.25) is 0 Å². The van der Waals surface area contributed by atoms with Crippen LogP contribution in [0.2, 0.25) is 0 Å². The summed E-state index contributed by atoms with van der Waals surface area (Å²) < 4.78 is 5.72. The molecule has 2 N–H and O–H groups in total. The summed E-state index contributed by atoms with van der Waals surface area (Å²) in [5, 5.41) is 15.4. The highest BCUT2D eigenvalue weighted by Crippen LogP contribution is 2.37. The third-order valence-electron chi connectivity index (χ3n) is 4.86. The van der Waals surface area contributed by atoms with E-state index in [0.717, 1.165) is 28.1 Å². The smallest absolute Gasteiger partial charge is 0.147 e. The maximum Gasteiger partial charge on any atom is 0.147 e. The number of ether oxygens (including phenoxy) is 1. The number of phenols is 1. The number of pyridine rings is 2. The number of aromatic hydroxyl groups is 1. The lowest BCUT2D eigenvalue weighted by Crippen LogP contribution is -2.14. The third kappa shape index (κ3) is 4.10. The fourth-order valence-corrected chi connectivity index (χ4v) is 3.42. The molecule has 0 radical (unpaired) electrons. The van der Waals surface area contributed by atoms with E-state index in [9.17, 15) is 5.11 Å². The van der Waals surface area contributed by atoms with E-state index in [2.05, 4.69) is 21.9 Å². The van der Waals surface area contributed by atoms with Crippen molar-refractivity contribution in [3.63, 3.8) is 0 Å². The number of phenolic OH excluding ortho intramolecular Hbond substituents is 1. The fraction of sp³-hybridized carbons (Fsp3) is 0.120. The Hall–Kier alpha value is -3.86. The van der Waals surface area contributed by atoms with Gasteiger partial charge in [0.25, 0.3) is 0 Å². The standard InChI is InChI=1S/C25H23N3O2/c1-3-14-30-20-8-4-6-19(16-20)23(28-22-15-17(2)11-13-26-22)21-10-9-18-7-5-12-27-24(18)25(21)29/h3-13,15-16,23,29H,1,14H2,2H3,(H,26,28). The first-order chi connectivity index (χ1) is 14.7. The van der Waals surface area contributed by atoms with Crippen molar-refractivity contribution in [3.8, 4) is 11.5 Å². The lowest BCUT2D eigenvalue weighted by molar-refractivity contribution is 0.362.